The second kappa shape index (κ2) is 7.55. The first kappa shape index (κ1) is 19.5. The van der Waals surface area contributed by atoms with Gasteiger partial charge in [0.1, 0.15) is 17.0 Å². The van der Waals surface area contributed by atoms with Gasteiger partial charge in [0.2, 0.25) is 10.0 Å². The van der Waals surface area contributed by atoms with Gasteiger partial charge in [-0.15, -0.1) is 11.3 Å². The highest BCUT2D eigenvalue weighted by molar-refractivity contribution is 7.89. The van der Waals surface area contributed by atoms with E-state index in [0.717, 1.165) is 51.8 Å². The number of sulfonamides is 1. The summed E-state index contributed by atoms with van der Waals surface area (Å²) in [6.45, 7) is 0. The highest BCUT2D eigenvalue weighted by Crippen LogP contribution is 2.38. The third kappa shape index (κ3) is 3.59. The quantitative estimate of drug-likeness (QED) is 0.661. The summed E-state index contributed by atoms with van der Waals surface area (Å²) in [5, 5.41) is 5.39. The van der Waals surface area contributed by atoms with Gasteiger partial charge < -0.3 is 10.2 Å². The second-order valence-electron chi connectivity index (χ2n) is 7.48. The van der Waals surface area contributed by atoms with Crippen LogP contribution in [0.4, 0.5) is 5.82 Å². The van der Waals surface area contributed by atoms with Crippen LogP contribution in [0.2, 0.25) is 0 Å². The summed E-state index contributed by atoms with van der Waals surface area (Å²) < 4.78 is 27.8. The molecule has 0 radical (unpaired) electrons. The number of anilines is 1. The molecule has 150 valence electrons. The number of benzene rings is 1. The third-order valence-electron chi connectivity index (χ3n) is 5.59. The Morgan fingerprint density at radius 2 is 1.89 bits per heavy atom. The Labute approximate surface area is 169 Å². The number of fused-ring (bicyclic) bond motifs is 3. The maximum absolute atomic E-state index is 12.2. The first-order chi connectivity index (χ1) is 13.4. The summed E-state index contributed by atoms with van der Waals surface area (Å²) in [5.74, 6) is 0.795. The maximum Gasteiger partial charge on any atom is 0.240 e. The van der Waals surface area contributed by atoms with E-state index in [1.54, 1.807) is 29.8 Å². The monoisotopic (exact) mass is 419 g/mol. The van der Waals surface area contributed by atoms with Crippen LogP contribution in [0.25, 0.3) is 20.3 Å². The van der Waals surface area contributed by atoms with Crippen molar-refractivity contribution in [1.29, 1.82) is 0 Å². The van der Waals surface area contributed by atoms with Gasteiger partial charge in [0.15, 0.2) is 0 Å². The van der Waals surface area contributed by atoms with Crippen molar-refractivity contribution in [2.45, 2.75) is 42.7 Å². The SMILES string of the molecule is CNS(=O)(=O)c1ccc2sc3ncnc(NC4CCC(N(C)C)CC4)c3c2c1. The van der Waals surface area contributed by atoms with Crippen LogP contribution in [0.1, 0.15) is 25.7 Å². The van der Waals surface area contributed by atoms with E-state index in [0.29, 0.717) is 12.1 Å². The lowest BCUT2D eigenvalue weighted by Crippen LogP contribution is -2.36. The van der Waals surface area contributed by atoms with Crippen molar-refractivity contribution in [3.63, 3.8) is 0 Å². The Morgan fingerprint density at radius 1 is 1.14 bits per heavy atom. The number of thiophene rings is 1. The van der Waals surface area contributed by atoms with E-state index in [1.165, 1.54) is 7.05 Å². The fourth-order valence-corrected chi connectivity index (χ4v) is 5.69. The molecule has 7 nitrogen and oxygen atoms in total. The van der Waals surface area contributed by atoms with Crippen molar-refractivity contribution < 1.29 is 8.42 Å². The Bertz CT molecular complexity index is 1100. The summed E-state index contributed by atoms with van der Waals surface area (Å²) in [4.78, 5) is 12.3. The van der Waals surface area contributed by atoms with Crippen molar-refractivity contribution in [2.24, 2.45) is 0 Å². The summed E-state index contributed by atoms with van der Waals surface area (Å²) in [6.07, 6.45) is 6.09. The molecule has 1 aliphatic rings. The van der Waals surface area contributed by atoms with E-state index >= 15 is 0 Å². The van der Waals surface area contributed by atoms with Gasteiger partial charge in [-0.2, -0.15) is 0 Å². The Kier molecular flexibility index (Phi) is 5.26. The highest BCUT2D eigenvalue weighted by Gasteiger charge is 2.24. The minimum Gasteiger partial charge on any atom is -0.367 e. The molecular formula is C19H25N5O2S2. The largest absolute Gasteiger partial charge is 0.367 e. The van der Waals surface area contributed by atoms with E-state index < -0.39 is 10.0 Å². The average Bonchev–Trinajstić information content (AvgIpc) is 3.07. The minimum atomic E-state index is -3.50. The standard InChI is InChI=1S/C19H25N5O2S2/c1-20-28(25,26)14-8-9-16-15(10-14)17-18(21-11-22-19(17)27-16)23-12-4-6-13(7-5-12)24(2)3/h8-13,20H,4-7H2,1-3H3,(H,21,22,23). The minimum absolute atomic E-state index is 0.253. The molecular weight excluding hydrogens is 394 g/mol. The normalized spacial score (nSPS) is 20.9. The van der Waals surface area contributed by atoms with Crippen molar-refractivity contribution in [1.82, 2.24) is 19.6 Å². The zero-order chi connectivity index (χ0) is 19.9. The van der Waals surface area contributed by atoms with Crippen molar-refractivity contribution in [2.75, 3.05) is 26.5 Å². The van der Waals surface area contributed by atoms with E-state index in [-0.39, 0.29) is 4.90 Å². The Morgan fingerprint density at radius 3 is 2.57 bits per heavy atom. The summed E-state index contributed by atoms with van der Waals surface area (Å²) >= 11 is 1.56. The molecule has 0 atom stereocenters. The predicted molar refractivity (Wildman–Crippen MR) is 115 cm³/mol. The summed E-state index contributed by atoms with van der Waals surface area (Å²) in [7, 11) is 2.20. The fourth-order valence-electron chi connectivity index (χ4n) is 3.91. The van der Waals surface area contributed by atoms with Gasteiger partial charge in [0.05, 0.1) is 10.3 Å². The Hall–Kier alpha value is -1.81. The average molecular weight is 420 g/mol. The lowest BCUT2D eigenvalue weighted by molar-refractivity contribution is 0.221. The molecule has 1 aliphatic carbocycles. The molecule has 4 rings (SSSR count). The van der Waals surface area contributed by atoms with E-state index in [2.05, 4.69) is 39.0 Å². The van der Waals surface area contributed by atoms with Crippen LogP contribution in [0, 0.1) is 0 Å². The van der Waals surface area contributed by atoms with Crippen LogP contribution in [0.3, 0.4) is 0 Å². The van der Waals surface area contributed by atoms with Crippen molar-refractivity contribution in [3.8, 4) is 0 Å². The molecule has 0 bridgehead atoms. The van der Waals surface area contributed by atoms with Crippen LogP contribution < -0.4 is 10.0 Å². The zero-order valence-corrected chi connectivity index (χ0v) is 17.9. The van der Waals surface area contributed by atoms with Gasteiger partial charge in [-0.1, -0.05) is 0 Å². The topological polar surface area (TPSA) is 87.2 Å². The zero-order valence-electron chi connectivity index (χ0n) is 16.3. The number of nitrogens with zero attached hydrogens (tertiary/aromatic N) is 3. The molecule has 28 heavy (non-hydrogen) atoms. The molecule has 2 N–H and O–H groups in total. The first-order valence-electron chi connectivity index (χ1n) is 9.43. The fraction of sp³-hybridized carbons (Fsp3) is 0.474. The Balaban J connectivity index is 1.71. The number of nitrogens with one attached hydrogen (secondary N) is 2. The van der Waals surface area contributed by atoms with E-state index in [1.807, 2.05) is 6.07 Å². The van der Waals surface area contributed by atoms with Crippen LogP contribution in [0.15, 0.2) is 29.4 Å². The van der Waals surface area contributed by atoms with Crippen LogP contribution in [0.5, 0.6) is 0 Å². The van der Waals surface area contributed by atoms with Crippen molar-refractivity contribution in [3.05, 3.63) is 24.5 Å². The molecule has 9 heteroatoms. The molecule has 3 aromatic rings. The van der Waals surface area contributed by atoms with E-state index in [9.17, 15) is 8.42 Å². The van der Waals surface area contributed by atoms with Gasteiger partial charge in [-0.3, -0.25) is 0 Å². The van der Waals surface area contributed by atoms with E-state index in [4.69, 9.17) is 0 Å². The van der Waals surface area contributed by atoms with Gasteiger partial charge in [-0.05, 0) is 65.0 Å². The predicted octanol–water partition coefficient (Wildman–Crippen LogP) is 3.04. The molecule has 2 heterocycles. The number of aromatic nitrogens is 2. The maximum atomic E-state index is 12.2. The van der Waals surface area contributed by atoms with Crippen LogP contribution in [-0.2, 0) is 10.0 Å². The summed E-state index contributed by atoms with van der Waals surface area (Å²) in [5.41, 5.74) is 0. The van der Waals surface area contributed by atoms with Crippen LogP contribution >= 0.6 is 11.3 Å². The highest BCUT2D eigenvalue weighted by atomic mass is 32.2. The number of hydrogen-bond donors (Lipinski definition) is 2. The first-order valence-corrected chi connectivity index (χ1v) is 11.7. The smallest absolute Gasteiger partial charge is 0.240 e. The van der Waals surface area contributed by atoms with Gasteiger partial charge in [0.25, 0.3) is 0 Å². The lowest BCUT2D eigenvalue weighted by atomic mass is 9.90. The molecule has 0 spiro atoms. The third-order valence-corrected chi connectivity index (χ3v) is 8.08. The van der Waals surface area contributed by atoms with Gasteiger partial charge in [0, 0.05) is 22.2 Å². The molecule has 2 aromatic heterocycles. The molecule has 0 unspecified atom stereocenters. The molecule has 1 aromatic carbocycles. The number of hydrogen-bond acceptors (Lipinski definition) is 7. The van der Waals surface area contributed by atoms with Gasteiger partial charge >= 0.3 is 0 Å². The lowest BCUT2D eigenvalue weighted by Gasteiger charge is -2.33. The summed E-state index contributed by atoms with van der Waals surface area (Å²) in [6, 6.07) is 6.20. The second-order valence-corrected chi connectivity index (χ2v) is 10.4. The molecule has 0 saturated heterocycles. The van der Waals surface area contributed by atoms with Gasteiger partial charge in [-0.25, -0.2) is 23.1 Å². The molecule has 0 aliphatic heterocycles. The van der Waals surface area contributed by atoms with Crippen molar-refractivity contribution >= 4 is 47.5 Å². The van der Waals surface area contributed by atoms with Crippen LogP contribution in [-0.4, -0.2) is 56.5 Å². The number of rotatable bonds is 5. The molecule has 1 fully saturated rings. The molecule has 1 saturated carbocycles. The molecule has 0 amide bonds.